The summed E-state index contributed by atoms with van der Waals surface area (Å²) < 4.78 is 5.27. The molecule has 1 aliphatic rings. The number of carboxylic acids is 1. The lowest BCUT2D eigenvalue weighted by atomic mass is 9.78. The van der Waals surface area contributed by atoms with Crippen molar-refractivity contribution >= 4 is 5.97 Å². The van der Waals surface area contributed by atoms with Crippen LogP contribution in [0.4, 0.5) is 0 Å². The van der Waals surface area contributed by atoms with E-state index in [0.29, 0.717) is 32.2 Å². The Morgan fingerprint density at radius 1 is 1.50 bits per heavy atom. The zero-order chi connectivity index (χ0) is 14.8. The third kappa shape index (κ3) is 3.61. The molecule has 1 aliphatic carbocycles. The second kappa shape index (κ2) is 5.97. The van der Waals surface area contributed by atoms with E-state index in [1.807, 2.05) is 20.0 Å². The number of carboxylic acid groups (broad SMARTS) is 1. The molecule has 20 heavy (non-hydrogen) atoms. The van der Waals surface area contributed by atoms with Crippen LogP contribution in [0, 0.1) is 12.8 Å². The van der Waals surface area contributed by atoms with Crippen LogP contribution in [-0.4, -0.2) is 40.3 Å². The van der Waals surface area contributed by atoms with Crippen LogP contribution in [0.1, 0.15) is 37.0 Å². The molecular formula is C15H23NO4. The van der Waals surface area contributed by atoms with E-state index >= 15 is 0 Å². The third-order valence-electron chi connectivity index (χ3n) is 4.24. The van der Waals surface area contributed by atoms with E-state index in [9.17, 15) is 9.90 Å². The first-order valence-corrected chi connectivity index (χ1v) is 7.06. The predicted octanol–water partition coefficient (Wildman–Crippen LogP) is 2.03. The number of nitrogens with zero attached hydrogens (tertiary/aromatic N) is 1. The summed E-state index contributed by atoms with van der Waals surface area (Å²) in [7, 11) is 1.97. The number of aryl methyl sites for hydroxylation is 1. The Labute approximate surface area is 119 Å². The van der Waals surface area contributed by atoms with Gasteiger partial charge >= 0.3 is 5.97 Å². The highest BCUT2D eigenvalue weighted by molar-refractivity contribution is 5.70. The van der Waals surface area contributed by atoms with Gasteiger partial charge < -0.3 is 14.6 Å². The van der Waals surface area contributed by atoms with E-state index in [2.05, 4.69) is 4.90 Å². The van der Waals surface area contributed by atoms with Crippen LogP contribution in [0.15, 0.2) is 16.7 Å². The smallest absolute Gasteiger partial charge is 0.306 e. The minimum atomic E-state index is -0.766. The number of aliphatic carboxylic acids is 1. The van der Waals surface area contributed by atoms with Gasteiger partial charge in [0.2, 0.25) is 0 Å². The summed E-state index contributed by atoms with van der Waals surface area (Å²) in [5.74, 6) is -0.135. The van der Waals surface area contributed by atoms with Crippen molar-refractivity contribution in [3.05, 3.63) is 23.7 Å². The van der Waals surface area contributed by atoms with Gasteiger partial charge in [-0.2, -0.15) is 0 Å². The van der Waals surface area contributed by atoms with E-state index in [1.165, 1.54) is 0 Å². The van der Waals surface area contributed by atoms with Crippen molar-refractivity contribution in [2.75, 3.05) is 13.6 Å². The van der Waals surface area contributed by atoms with Crippen molar-refractivity contribution in [3.63, 3.8) is 0 Å². The molecule has 112 valence electrons. The van der Waals surface area contributed by atoms with Crippen LogP contribution in [0.2, 0.25) is 0 Å². The Hall–Kier alpha value is -1.33. The first kappa shape index (κ1) is 15.1. The normalized spacial score (nSPS) is 26.9. The van der Waals surface area contributed by atoms with Gasteiger partial charge in [0.1, 0.15) is 5.76 Å². The van der Waals surface area contributed by atoms with Gasteiger partial charge in [-0.1, -0.05) is 0 Å². The molecule has 0 aliphatic heterocycles. The molecule has 5 heteroatoms. The summed E-state index contributed by atoms with van der Waals surface area (Å²) in [4.78, 5) is 13.0. The highest BCUT2D eigenvalue weighted by Crippen LogP contribution is 2.33. The summed E-state index contributed by atoms with van der Waals surface area (Å²) in [5, 5.41) is 19.6. The summed E-state index contributed by atoms with van der Waals surface area (Å²) in [6, 6.07) is 1.94. The van der Waals surface area contributed by atoms with E-state index in [1.54, 1.807) is 6.26 Å². The molecule has 1 heterocycles. The van der Waals surface area contributed by atoms with E-state index in [0.717, 1.165) is 17.9 Å². The lowest BCUT2D eigenvalue weighted by molar-refractivity contribution is -0.145. The highest BCUT2D eigenvalue weighted by atomic mass is 16.4. The fourth-order valence-electron chi connectivity index (χ4n) is 2.98. The summed E-state index contributed by atoms with van der Waals surface area (Å²) in [6.07, 6.45) is 3.90. The zero-order valence-corrected chi connectivity index (χ0v) is 12.1. The summed E-state index contributed by atoms with van der Waals surface area (Å²) >= 11 is 0. The molecule has 0 bridgehead atoms. The van der Waals surface area contributed by atoms with Crippen LogP contribution < -0.4 is 0 Å². The van der Waals surface area contributed by atoms with Crippen molar-refractivity contribution in [2.24, 2.45) is 5.92 Å². The molecule has 0 spiro atoms. The monoisotopic (exact) mass is 281 g/mol. The van der Waals surface area contributed by atoms with Crippen molar-refractivity contribution < 1.29 is 19.4 Å². The molecule has 0 aromatic carbocycles. The molecule has 1 saturated carbocycles. The topological polar surface area (TPSA) is 73.9 Å². The van der Waals surface area contributed by atoms with Gasteiger partial charge in [0.25, 0.3) is 0 Å². The fraction of sp³-hybridized carbons (Fsp3) is 0.667. The Bertz CT molecular complexity index is 460. The Morgan fingerprint density at radius 2 is 2.15 bits per heavy atom. The largest absolute Gasteiger partial charge is 0.481 e. The van der Waals surface area contributed by atoms with E-state index in [4.69, 9.17) is 9.52 Å². The first-order valence-electron chi connectivity index (χ1n) is 7.06. The Morgan fingerprint density at radius 3 is 2.65 bits per heavy atom. The molecule has 0 saturated heterocycles. The molecule has 1 fully saturated rings. The van der Waals surface area contributed by atoms with Gasteiger partial charge in [-0.25, -0.2) is 0 Å². The molecule has 2 N–H and O–H groups in total. The number of carbonyl (C=O) groups is 1. The number of rotatable bonds is 5. The lowest BCUT2D eigenvalue weighted by Crippen LogP contribution is -2.44. The van der Waals surface area contributed by atoms with Gasteiger partial charge in [0.15, 0.2) is 0 Å². The van der Waals surface area contributed by atoms with Gasteiger partial charge in [-0.3, -0.25) is 9.69 Å². The number of aliphatic hydroxyl groups is 1. The first-order chi connectivity index (χ1) is 9.39. The molecule has 1 aromatic heterocycles. The van der Waals surface area contributed by atoms with Crippen molar-refractivity contribution in [1.29, 1.82) is 0 Å². The lowest BCUT2D eigenvalue weighted by Gasteiger charge is -2.37. The quantitative estimate of drug-likeness (QED) is 0.864. The second-order valence-corrected chi connectivity index (χ2v) is 6.01. The van der Waals surface area contributed by atoms with E-state index in [-0.39, 0.29) is 5.92 Å². The predicted molar refractivity (Wildman–Crippen MR) is 74.3 cm³/mol. The van der Waals surface area contributed by atoms with Crippen LogP contribution >= 0.6 is 0 Å². The van der Waals surface area contributed by atoms with Crippen LogP contribution in [0.5, 0.6) is 0 Å². The van der Waals surface area contributed by atoms with Gasteiger partial charge in [-0.15, -0.1) is 0 Å². The molecular weight excluding hydrogens is 258 g/mol. The van der Waals surface area contributed by atoms with E-state index < -0.39 is 11.6 Å². The minimum absolute atomic E-state index is 0.295. The van der Waals surface area contributed by atoms with Gasteiger partial charge in [-0.05, 0) is 45.7 Å². The maximum Gasteiger partial charge on any atom is 0.306 e. The van der Waals surface area contributed by atoms with Crippen LogP contribution in [0.25, 0.3) is 0 Å². The van der Waals surface area contributed by atoms with Gasteiger partial charge in [0.05, 0.1) is 17.8 Å². The van der Waals surface area contributed by atoms with Crippen LogP contribution in [0.3, 0.4) is 0 Å². The molecule has 0 unspecified atom stereocenters. The van der Waals surface area contributed by atoms with Crippen molar-refractivity contribution in [2.45, 2.75) is 44.8 Å². The van der Waals surface area contributed by atoms with Crippen LogP contribution in [-0.2, 0) is 11.3 Å². The molecule has 0 atom stereocenters. The Kier molecular flexibility index (Phi) is 4.50. The number of hydrogen-bond donors (Lipinski definition) is 2. The van der Waals surface area contributed by atoms with Crippen molar-refractivity contribution in [1.82, 2.24) is 4.90 Å². The van der Waals surface area contributed by atoms with Gasteiger partial charge in [0, 0.05) is 18.7 Å². The molecule has 1 aromatic rings. The Balaban J connectivity index is 1.86. The third-order valence-corrected chi connectivity index (χ3v) is 4.24. The SMILES string of the molecule is Cc1occc1CN(C)CC1(O)CCC(C(=O)O)CC1. The number of likely N-dealkylation sites (N-methyl/N-ethyl adjacent to an activating group) is 1. The second-order valence-electron chi connectivity index (χ2n) is 6.01. The maximum atomic E-state index is 10.9. The zero-order valence-electron chi connectivity index (χ0n) is 12.1. The average molecular weight is 281 g/mol. The standard InChI is InChI=1S/C15H23NO4/c1-11-13(5-8-20-11)9-16(2)10-15(19)6-3-12(4-7-15)14(17)18/h5,8,12,19H,3-4,6-7,9-10H2,1-2H3,(H,17,18). The van der Waals surface area contributed by atoms with Crippen molar-refractivity contribution in [3.8, 4) is 0 Å². The highest BCUT2D eigenvalue weighted by Gasteiger charge is 2.36. The summed E-state index contributed by atoms with van der Waals surface area (Å²) in [5.41, 5.74) is 0.355. The molecule has 0 radical (unpaired) electrons. The summed E-state index contributed by atoms with van der Waals surface area (Å²) in [6.45, 7) is 3.22. The maximum absolute atomic E-state index is 10.9. The molecule has 2 rings (SSSR count). The average Bonchev–Trinajstić information content (AvgIpc) is 2.74. The molecule has 0 amide bonds. The number of furan rings is 1. The molecule has 5 nitrogen and oxygen atoms in total. The number of hydrogen-bond acceptors (Lipinski definition) is 4. The fourth-order valence-corrected chi connectivity index (χ4v) is 2.98. The minimum Gasteiger partial charge on any atom is -0.481 e.